The number of rotatable bonds is 44. The van der Waals surface area contributed by atoms with Crippen LogP contribution in [0.1, 0.15) is 265 Å². The van der Waals surface area contributed by atoms with Crippen molar-refractivity contribution in [2.45, 2.75) is 271 Å². The van der Waals surface area contributed by atoms with Crippen molar-refractivity contribution < 1.29 is 19.1 Å². The molecule has 0 spiro atoms. The van der Waals surface area contributed by atoms with Gasteiger partial charge in [0.25, 0.3) is 0 Å². The van der Waals surface area contributed by atoms with Gasteiger partial charge in [-0.25, -0.2) is 0 Å². The molecule has 3 atom stereocenters. The molecule has 0 radical (unpaired) electrons. The second-order valence-electron chi connectivity index (χ2n) is 19.6. The molecule has 0 aromatic carbocycles. The van der Waals surface area contributed by atoms with E-state index in [0.717, 1.165) is 96.1 Å². The quantitative estimate of drug-likeness (QED) is 0.0450. The van der Waals surface area contributed by atoms with Crippen LogP contribution in [-0.2, 0) is 19.1 Å². The van der Waals surface area contributed by atoms with Crippen molar-refractivity contribution in [1.29, 1.82) is 0 Å². The maximum Gasteiger partial charge on any atom is 0.308 e. The van der Waals surface area contributed by atoms with E-state index in [-0.39, 0.29) is 23.8 Å². The third-order valence-electron chi connectivity index (χ3n) is 13.8. The van der Waals surface area contributed by atoms with Gasteiger partial charge in [0.05, 0.1) is 25.0 Å². The summed E-state index contributed by atoms with van der Waals surface area (Å²) in [5, 5.41) is 0. The first-order valence-corrected chi connectivity index (χ1v) is 27.1. The molecule has 0 N–H and O–H groups in total. The lowest BCUT2D eigenvalue weighted by Crippen LogP contribution is -2.46. The fourth-order valence-electron chi connectivity index (χ4n) is 9.71. The third kappa shape index (κ3) is 31.7. The second-order valence-corrected chi connectivity index (χ2v) is 19.6. The van der Waals surface area contributed by atoms with Crippen LogP contribution in [0.2, 0.25) is 0 Å². The smallest absolute Gasteiger partial charge is 0.308 e. The van der Waals surface area contributed by atoms with E-state index in [2.05, 4.69) is 51.6 Å². The zero-order valence-corrected chi connectivity index (χ0v) is 41.5. The monoisotopic (exact) mass is 847 g/mol. The van der Waals surface area contributed by atoms with E-state index in [4.69, 9.17) is 9.47 Å². The van der Waals surface area contributed by atoms with Gasteiger partial charge in [0.2, 0.25) is 0 Å². The van der Waals surface area contributed by atoms with Crippen molar-refractivity contribution in [1.82, 2.24) is 9.80 Å². The van der Waals surface area contributed by atoms with Crippen LogP contribution in [0.25, 0.3) is 0 Å². The van der Waals surface area contributed by atoms with E-state index in [1.807, 2.05) is 0 Å². The molecule has 6 nitrogen and oxygen atoms in total. The van der Waals surface area contributed by atoms with E-state index in [1.54, 1.807) is 0 Å². The average molecular weight is 847 g/mol. The summed E-state index contributed by atoms with van der Waals surface area (Å²) in [6.45, 7) is 13.7. The topological polar surface area (TPSA) is 59.1 Å². The largest absolute Gasteiger partial charge is 0.465 e. The van der Waals surface area contributed by atoms with E-state index in [0.29, 0.717) is 19.3 Å². The molecular formula is C54H106N2O4. The predicted molar refractivity (Wildman–Crippen MR) is 260 cm³/mol. The molecule has 1 aliphatic carbocycles. The van der Waals surface area contributed by atoms with Crippen molar-refractivity contribution in [3.63, 3.8) is 0 Å². The molecule has 0 amide bonds. The minimum absolute atomic E-state index is 0.0762. The molecule has 0 heterocycles. The Balaban J connectivity index is 2.53. The Kier molecular flexibility index (Phi) is 39.7. The van der Waals surface area contributed by atoms with Crippen LogP contribution in [0.15, 0.2) is 0 Å². The Morgan fingerprint density at radius 1 is 0.450 bits per heavy atom. The third-order valence-corrected chi connectivity index (χ3v) is 13.8. The summed E-state index contributed by atoms with van der Waals surface area (Å²) in [4.78, 5) is 31.6. The van der Waals surface area contributed by atoms with Crippen LogP contribution >= 0.6 is 0 Å². The van der Waals surface area contributed by atoms with Gasteiger partial charge in [-0.05, 0) is 97.3 Å². The standard InChI is InChI=1S/C54H106N2O4/c1-7-11-15-19-21-30-42-50(40-28-17-13-9-3)53(57)59-46-36-25-23-34-44-56(48-52(55(5)6)49-38-32-27-33-39-49)45-35-24-26-37-47-60-54(58)51(41-29-18-14-10-4)43-31-22-20-16-12-8-2/h49-52H,7-48H2,1-6H3. The number of likely N-dealkylation sites (N-methyl/N-ethyl adjacent to an activating group) is 1. The number of nitrogens with zero attached hydrogens (tertiary/aromatic N) is 2. The summed E-state index contributed by atoms with van der Waals surface area (Å²) in [5.41, 5.74) is 0. The van der Waals surface area contributed by atoms with Gasteiger partial charge in [-0.3, -0.25) is 9.59 Å². The summed E-state index contributed by atoms with van der Waals surface area (Å²) in [6, 6.07) is 0.627. The molecule has 3 unspecified atom stereocenters. The summed E-state index contributed by atoms with van der Waals surface area (Å²) >= 11 is 0. The van der Waals surface area contributed by atoms with Crippen molar-refractivity contribution in [3.05, 3.63) is 0 Å². The first-order chi connectivity index (χ1) is 29.4. The molecule has 0 aromatic rings. The first-order valence-electron chi connectivity index (χ1n) is 27.1. The fourth-order valence-corrected chi connectivity index (χ4v) is 9.71. The first kappa shape index (κ1) is 56.9. The van der Waals surface area contributed by atoms with Crippen LogP contribution in [0.3, 0.4) is 0 Å². The molecular weight excluding hydrogens is 741 g/mol. The second kappa shape index (κ2) is 41.8. The van der Waals surface area contributed by atoms with Crippen LogP contribution in [-0.4, -0.2) is 74.7 Å². The van der Waals surface area contributed by atoms with Gasteiger partial charge in [0.15, 0.2) is 0 Å². The molecule has 1 rings (SSSR count). The van der Waals surface area contributed by atoms with E-state index < -0.39 is 0 Å². The molecule has 0 saturated heterocycles. The highest BCUT2D eigenvalue weighted by molar-refractivity contribution is 5.72. The molecule has 60 heavy (non-hydrogen) atoms. The van der Waals surface area contributed by atoms with Crippen LogP contribution < -0.4 is 0 Å². The number of hydrogen-bond donors (Lipinski definition) is 0. The number of ether oxygens (including phenoxy) is 2. The van der Waals surface area contributed by atoms with Crippen molar-refractivity contribution >= 4 is 11.9 Å². The Labute approximate surface area is 375 Å². The zero-order valence-electron chi connectivity index (χ0n) is 41.5. The highest BCUT2D eigenvalue weighted by Crippen LogP contribution is 2.29. The minimum Gasteiger partial charge on any atom is -0.465 e. The zero-order chi connectivity index (χ0) is 43.7. The van der Waals surface area contributed by atoms with Gasteiger partial charge in [-0.1, -0.05) is 201 Å². The normalized spacial score (nSPS) is 15.1. The van der Waals surface area contributed by atoms with Crippen LogP contribution in [0.5, 0.6) is 0 Å². The summed E-state index contributed by atoms with van der Waals surface area (Å²) in [7, 11) is 4.60. The van der Waals surface area contributed by atoms with Gasteiger partial charge < -0.3 is 19.3 Å². The maximum absolute atomic E-state index is 13.1. The molecule has 0 aliphatic heterocycles. The number of carbonyl (C=O) groups excluding carboxylic acids is 2. The Morgan fingerprint density at radius 2 is 0.783 bits per heavy atom. The lowest BCUT2D eigenvalue weighted by molar-refractivity contribution is -0.150. The summed E-state index contributed by atoms with van der Waals surface area (Å²) in [5.74, 6) is 1.17. The average Bonchev–Trinajstić information content (AvgIpc) is 3.25. The van der Waals surface area contributed by atoms with Gasteiger partial charge in [0, 0.05) is 12.6 Å². The predicted octanol–water partition coefficient (Wildman–Crippen LogP) is 15.7. The van der Waals surface area contributed by atoms with Crippen LogP contribution in [0.4, 0.5) is 0 Å². The Morgan fingerprint density at radius 3 is 1.17 bits per heavy atom. The molecule has 1 saturated carbocycles. The highest BCUT2D eigenvalue weighted by atomic mass is 16.5. The van der Waals surface area contributed by atoms with Crippen molar-refractivity contribution in [2.75, 3.05) is 46.9 Å². The molecule has 356 valence electrons. The molecule has 6 heteroatoms. The highest BCUT2D eigenvalue weighted by Gasteiger charge is 2.27. The van der Waals surface area contributed by atoms with Gasteiger partial charge in [0.1, 0.15) is 0 Å². The van der Waals surface area contributed by atoms with Gasteiger partial charge in [-0.2, -0.15) is 0 Å². The van der Waals surface area contributed by atoms with E-state index >= 15 is 0 Å². The Hall–Kier alpha value is -1.14. The maximum atomic E-state index is 13.1. The van der Waals surface area contributed by atoms with Gasteiger partial charge >= 0.3 is 11.9 Å². The summed E-state index contributed by atoms with van der Waals surface area (Å²) in [6.07, 6.45) is 45.2. The van der Waals surface area contributed by atoms with Crippen molar-refractivity contribution in [2.24, 2.45) is 17.8 Å². The van der Waals surface area contributed by atoms with Crippen LogP contribution in [0, 0.1) is 17.8 Å². The lowest BCUT2D eigenvalue weighted by Gasteiger charge is -2.38. The van der Waals surface area contributed by atoms with Gasteiger partial charge in [-0.15, -0.1) is 0 Å². The fraction of sp³-hybridized carbons (Fsp3) is 0.963. The molecule has 1 aliphatic rings. The minimum atomic E-state index is 0.0762. The van der Waals surface area contributed by atoms with E-state index in [9.17, 15) is 9.59 Å². The SMILES string of the molecule is CCCCCCCCC(CCCCCC)C(=O)OCCCCCCN(CCCCCCOC(=O)C(CCCCCC)CCCCCCCC)CC(C1CCCCC1)N(C)C. The number of carbonyl (C=O) groups is 2. The van der Waals surface area contributed by atoms with Crippen molar-refractivity contribution in [3.8, 4) is 0 Å². The molecule has 0 aromatic heterocycles. The molecule has 1 fully saturated rings. The number of esters is 2. The molecule has 0 bridgehead atoms. The summed E-state index contributed by atoms with van der Waals surface area (Å²) < 4.78 is 11.8. The Bertz CT molecular complexity index is 879. The van der Waals surface area contributed by atoms with E-state index in [1.165, 1.54) is 167 Å². The lowest BCUT2D eigenvalue weighted by atomic mass is 9.83. The number of unbranched alkanes of at least 4 members (excludes halogenated alkanes) is 22. The number of hydrogen-bond acceptors (Lipinski definition) is 6.